The van der Waals surface area contributed by atoms with E-state index in [4.69, 9.17) is 0 Å². The van der Waals surface area contributed by atoms with Crippen LogP contribution >= 0.6 is 31.9 Å². The van der Waals surface area contributed by atoms with Crippen LogP contribution in [0.5, 0.6) is 0 Å². The van der Waals surface area contributed by atoms with E-state index in [1.165, 1.54) is 6.07 Å². The van der Waals surface area contributed by atoms with Gasteiger partial charge in [-0.15, -0.1) is 10.2 Å². The van der Waals surface area contributed by atoms with E-state index in [9.17, 15) is 8.42 Å². The van der Waals surface area contributed by atoms with Crippen LogP contribution in [-0.4, -0.2) is 29.0 Å². The van der Waals surface area contributed by atoms with Crippen LogP contribution in [0.4, 0.5) is 0 Å². The van der Waals surface area contributed by atoms with Gasteiger partial charge in [0.25, 0.3) is 0 Å². The van der Waals surface area contributed by atoms with Gasteiger partial charge in [-0.05, 0) is 41.1 Å². The number of hydrogen-bond acceptors (Lipinski definition) is 5. The number of H-pyrrole nitrogens is 1. The lowest BCUT2D eigenvalue weighted by Gasteiger charge is -2.12. The Bertz CT molecular complexity index is 674. The highest BCUT2D eigenvalue weighted by molar-refractivity contribution is 9.11. The van der Waals surface area contributed by atoms with Crippen LogP contribution in [0, 0.1) is 0 Å². The molecule has 2 rings (SSSR count). The van der Waals surface area contributed by atoms with Crippen LogP contribution in [0.2, 0.25) is 0 Å². The number of nitrogens with zero attached hydrogens (tertiary/aromatic N) is 3. The highest BCUT2D eigenvalue weighted by atomic mass is 79.9. The van der Waals surface area contributed by atoms with E-state index in [0.717, 1.165) is 4.47 Å². The highest BCUT2D eigenvalue weighted by Crippen LogP contribution is 2.26. The first-order valence-electron chi connectivity index (χ1n) is 5.11. The van der Waals surface area contributed by atoms with E-state index in [2.05, 4.69) is 57.2 Å². The fraction of sp³-hybridized carbons (Fsp3) is 0.222. The smallest absolute Gasteiger partial charge is 0.207 e. The largest absolute Gasteiger partial charge is 0.242 e. The summed E-state index contributed by atoms with van der Waals surface area (Å²) < 4.78 is 28.2. The maximum atomic E-state index is 12.2. The molecule has 1 atom stereocenters. The quantitative estimate of drug-likeness (QED) is 0.799. The van der Waals surface area contributed by atoms with Crippen LogP contribution in [0.25, 0.3) is 0 Å². The van der Waals surface area contributed by atoms with Crippen molar-refractivity contribution in [3.63, 3.8) is 0 Å². The Morgan fingerprint density at radius 3 is 2.68 bits per heavy atom. The molecule has 2 aromatic rings. The topological polar surface area (TPSA) is 101 Å². The van der Waals surface area contributed by atoms with Crippen molar-refractivity contribution in [1.82, 2.24) is 25.3 Å². The van der Waals surface area contributed by atoms with Gasteiger partial charge in [0.15, 0.2) is 5.82 Å². The molecule has 1 heterocycles. The first kappa shape index (κ1) is 14.6. The summed E-state index contributed by atoms with van der Waals surface area (Å²) in [7, 11) is -3.67. The fourth-order valence-electron chi connectivity index (χ4n) is 1.40. The Morgan fingerprint density at radius 1 is 1.37 bits per heavy atom. The second kappa shape index (κ2) is 5.65. The number of nitrogens with one attached hydrogen (secondary N) is 2. The molecule has 19 heavy (non-hydrogen) atoms. The van der Waals surface area contributed by atoms with Gasteiger partial charge in [0.2, 0.25) is 10.0 Å². The number of aromatic nitrogens is 4. The minimum Gasteiger partial charge on any atom is -0.207 e. The van der Waals surface area contributed by atoms with Crippen LogP contribution in [0.3, 0.4) is 0 Å². The average Bonchev–Trinajstić information content (AvgIpc) is 2.80. The van der Waals surface area contributed by atoms with E-state index in [0.29, 0.717) is 4.47 Å². The average molecular weight is 411 g/mol. The van der Waals surface area contributed by atoms with Gasteiger partial charge in [0, 0.05) is 8.95 Å². The summed E-state index contributed by atoms with van der Waals surface area (Å²) in [6.45, 7) is 1.63. The van der Waals surface area contributed by atoms with Gasteiger partial charge >= 0.3 is 0 Å². The second-order valence-corrected chi connectivity index (χ2v) is 7.14. The number of tetrazole rings is 1. The lowest BCUT2D eigenvalue weighted by molar-refractivity contribution is 0.559. The molecule has 0 amide bonds. The molecule has 0 bridgehead atoms. The third-order valence-corrected chi connectivity index (χ3v) is 5.28. The predicted octanol–water partition coefficient (Wildman–Crippen LogP) is 1.76. The van der Waals surface area contributed by atoms with Gasteiger partial charge in [0.1, 0.15) is 0 Å². The number of sulfonamides is 1. The van der Waals surface area contributed by atoms with Crippen molar-refractivity contribution in [2.45, 2.75) is 17.9 Å². The molecule has 2 N–H and O–H groups in total. The Labute approximate surface area is 126 Å². The lowest BCUT2D eigenvalue weighted by atomic mass is 10.4. The summed E-state index contributed by atoms with van der Waals surface area (Å²) in [4.78, 5) is 0.144. The molecule has 0 saturated carbocycles. The van der Waals surface area contributed by atoms with E-state index in [1.54, 1.807) is 19.1 Å². The normalized spacial score (nSPS) is 13.4. The molecule has 102 valence electrons. The molecular weight excluding hydrogens is 402 g/mol. The van der Waals surface area contributed by atoms with Crippen LogP contribution in [0.15, 0.2) is 32.0 Å². The van der Waals surface area contributed by atoms with Gasteiger partial charge in [0.05, 0.1) is 10.9 Å². The highest BCUT2D eigenvalue weighted by Gasteiger charge is 2.22. The molecule has 0 radical (unpaired) electrons. The van der Waals surface area contributed by atoms with Crippen molar-refractivity contribution in [3.05, 3.63) is 33.0 Å². The SMILES string of the molecule is CC(NS(=O)(=O)c1ccc(Br)cc1Br)c1nn[nH]n1. The lowest BCUT2D eigenvalue weighted by Crippen LogP contribution is -2.28. The summed E-state index contributed by atoms with van der Waals surface area (Å²) in [6, 6.07) is 4.23. The van der Waals surface area contributed by atoms with Crippen molar-refractivity contribution in [1.29, 1.82) is 0 Å². The van der Waals surface area contributed by atoms with Gasteiger partial charge < -0.3 is 0 Å². The molecular formula is C9H9Br2N5O2S. The molecule has 0 spiro atoms. The van der Waals surface area contributed by atoms with E-state index < -0.39 is 16.1 Å². The first-order chi connectivity index (χ1) is 8.90. The number of aromatic amines is 1. The van der Waals surface area contributed by atoms with Crippen molar-refractivity contribution >= 4 is 41.9 Å². The van der Waals surface area contributed by atoms with Gasteiger partial charge in [-0.1, -0.05) is 21.1 Å². The molecule has 0 aliphatic rings. The molecule has 7 nitrogen and oxygen atoms in total. The van der Waals surface area contributed by atoms with Gasteiger partial charge in [-0.3, -0.25) is 0 Å². The summed E-state index contributed by atoms with van der Waals surface area (Å²) in [5.41, 5.74) is 0. The predicted molar refractivity (Wildman–Crippen MR) is 74.8 cm³/mol. The summed E-state index contributed by atoms with van der Waals surface area (Å²) >= 11 is 6.49. The number of benzene rings is 1. The molecule has 0 aliphatic carbocycles. The van der Waals surface area contributed by atoms with E-state index in [-0.39, 0.29) is 10.7 Å². The molecule has 0 saturated heterocycles. The monoisotopic (exact) mass is 409 g/mol. The molecule has 1 aromatic carbocycles. The maximum absolute atomic E-state index is 12.2. The number of hydrogen-bond donors (Lipinski definition) is 2. The van der Waals surface area contributed by atoms with Crippen molar-refractivity contribution in [2.75, 3.05) is 0 Å². The Kier molecular flexibility index (Phi) is 4.33. The van der Waals surface area contributed by atoms with Gasteiger partial charge in [-0.25, -0.2) is 13.1 Å². The van der Waals surface area contributed by atoms with Crippen molar-refractivity contribution in [2.24, 2.45) is 0 Å². The van der Waals surface area contributed by atoms with Crippen molar-refractivity contribution in [3.8, 4) is 0 Å². The molecule has 0 fully saturated rings. The minimum atomic E-state index is -3.67. The Balaban J connectivity index is 2.28. The van der Waals surface area contributed by atoms with E-state index in [1.807, 2.05) is 0 Å². The van der Waals surface area contributed by atoms with Crippen LogP contribution in [0.1, 0.15) is 18.8 Å². The number of rotatable bonds is 4. The fourth-order valence-corrected chi connectivity index (χ4v) is 4.34. The zero-order valence-electron chi connectivity index (χ0n) is 9.63. The minimum absolute atomic E-state index is 0.144. The first-order valence-corrected chi connectivity index (χ1v) is 8.18. The van der Waals surface area contributed by atoms with Crippen molar-refractivity contribution < 1.29 is 8.42 Å². The summed E-state index contributed by atoms with van der Waals surface area (Å²) in [6.07, 6.45) is 0. The third-order valence-electron chi connectivity index (χ3n) is 2.26. The standard InChI is InChI=1S/C9H9Br2N5O2S/c1-5(9-12-15-16-13-9)14-19(17,18)8-3-2-6(10)4-7(8)11/h2-5,14H,1H3,(H,12,13,15,16). The Morgan fingerprint density at radius 2 is 2.11 bits per heavy atom. The molecule has 0 aliphatic heterocycles. The van der Waals surface area contributed by atoms with Crippen LogP contribution in [-0.2, 0) is 10.0 Å². The zero-order chi connectivity index (χ0) is 14.0. The summed E-state index contributed by atoms with van der Waals surface area (Å²) in [5.74, 6) is 0.275. The zero-order valence-corrected chi connectivity index (χ0v) is 13.6. The summed E-state index contributed by atoms with van der Waals surface area (Å²) in [5, 5.41) is 13.1. The Hall–Kier alpha value is -0.840. The van der Waals surface area contributed by atoms with Crippen LogP contribution < -0.4 is 4.72 Å². The molecule has 10 heteroatoms. The second-order valence-electron chi connectivity index (χ2n) is 3.69. The molecule has 1 unspecified atom stereocenters. The third kappa shape index (κ3) is 3.38. The maximum Gasteiger partial charge on any atom is 0.242 e. The van der Waals surface area contributed by atoms with Gasteiger partial charge in [-0.2, -0.15) is 5.21 Å². The van der Waals surface area contributed by atoms with E-state index >= 15 is 0 Å². The molecule has 1 aromatic heterocycles. The number of halogens is 2.